The van der Waals surface area contributed by atoms with E-state index in [1.807, 2.05) is 6.92 Å². The van der Waals surface area contributed by atoms with Crippen LogP contribution < -0.4 is 10.2 Å². The molecule has 1 fully saturated rings. The van der Waals surface area contributed by atoms with E-state index in [2.05, 4.69) is 5.32 Å². The summed E-state index contributed by atoms with van der Waals surface area (Å²) >= 11 is 0. The van der Waals surface area contributed by atoms with Crippen LogP contribution in [-0.2, 0) is 9.59 Å². The molecule has 0 bridgehead atoms. The van der Waals surface area contributed by atoms with Gasteiger partial charge in [-0.3, -0.25) is 14.9 Å². The van der Waals surface area contributed by atoms with Gasteiger partial charge in [0, 0.05) is 0 Å². The Morgan fingerprint density at radius 2 is 1.84 bits per heavy atom. The van der Waals surface area contributed by atoms with Crippen LogP contribution in [0.15, 0.2) is 30.3 Å². The number of anilines is 1. The van der Waals surface area contributed by atoms with E-state index in [9.17, 15) is 14.4 Å². The number of nitrogens with one attached hydrogen (secondary N) is 1. The van der Waals surface area contributed by atoms with Gasteiger partial charge in [0.15, 0.2) is 0 Å². The zero-order valence-electron chi connectivity index (χ0n) is 10.8. The molecular weight excluding hydrogens is 244 g/mol. The van der Waals surface area contributed by atoms with Crippen LogP contribution in [0.4, 0.5) is 10.5 Å². The molecule has 1 aliphatic rings. The third kappa shape index (κ3) is 2.65. The molecule has 2 rings (SSSR count). The Kier molecular flexibility index (Phi) is 3.94. The van der Waals surface area contributed by atoms with Gasteiger partial charge in [-0.1, -0.05) is 38.0 Å². The Bertz CT molecular complexity index is 499. The molecule has 1 unspecified atom stereocenters. The molecule has 19 heavy (non-hydrogen) atoms. The van der Waals surface area contributed by atoms with E-state index in [4.69, 9.17) is 0 Å². The Balaban J connectivity index is 2.26. The van der Waals surface area contributed by atoms with Gasteiger partial charge in [-0.25, -0.2) is 9.69 Å². The lowest BCUT2D eigenvalue weighted by atomic mass is 9.97. The second kappa shape index (κ2) is 5.65. The summed E-state index contributed by atoms with van der Waals surface area (Å²) in [6.45, 7) is 1.99. The van der Waals surface area contributed by atoms with Gasteiger partial charge in [0.05, 0.1) is 5.69 Å². The summed E-state index contributed by atoms with van der Waals surface area (Å²) in [4.78, 5) is 36.9. The van der Waals surface area contributed by atoms with Crippen molar-refractivity contribution in [2.45, 2.75) is 26.2 Å². The highest BCUT2D eigenvalue weighted by atomic mass is 16.2. The van der Waals surface area contributed by atoms with E-state index >= 15 is 0 Å². The second-order valence-electron chi connectivity index (χ2n) is 4.50. The topological polar surface area (TPSA) is 66.5 Å². The number of benzene rings is 1. The molecule has 5 heteroatoms. The number of barbiturate groups is 1. The lowest BCUT2D eigenvalue weighted by Crippen LogP contribution is -2.58. The molecule has 0 spiro atoms. The fourth-order valence-electron chi connectivity index (χ4n) is 2.10. The van der Waals surface area contributed by atoms with Crippen molar-refractivity contribution in [1.29, 1.82) is 0 Å². The largest absolute Gasteiger partial charge is 0.335 e. The first-order valence-electron chi connectivity index (χ1n) is 6.39. The number of hydrogen-bond acceptors (Lipinski definition) is 3. The van der Waals surface area contributed by atoms with Crippen LogP contribution in [0, 0.1) is 5.92 Å². The maximum absolute atomic E-state index is 12.3. The van der Waals surface area contributed by atoms with Crippen LogP contribution in [-0.4, -0.2) is 17.8 Å². The quantitative estimate of drug-likeness (QED) is 0.843. The van der Waals surface area contributed by atoms with Crippen molar-refractivity contribution in [3.8, 4) is 0 Å². The van der Waals surface area contributed by atoms with Gasteiger partial charge in [-0.05, 0) is 18.6 Å². The van der Waals surface area contributed by atoms with Gasteiger partial charge in [-0.2, -0.15) is 0 Å². The number of carbonyl (C=O) groups is 3. The average molecular weight is 260 g/mol. The Hall–Kier alpha value is -2.17. The number of urea groups is 1. The van der Waals surface area contributed by atoms with Gasteiger partial charge >= 0.3 is 6.03 Å². The summed E-state index contributed by atoms with van der Waals surface area (Å²) in [5.41, 5.74) is 0.485. The zero-order chi connectivity index (χ0) is 13.8. The van der Waals surface area contributed by atoms with Gasteiger partial charge in [0.1, 0.15) is 5.92 Å². The summed E-state index contributed by atoms with van der Waals surface area (Å²) in [5, 5.41) is 2.24. The molecule has 4 amide bonds. The number of rotatable bonds is 4. The number of imide groups is 2. The number of unbranched alkanes of at least 4 members (excludes halogenated alkanes) is 1. The lowest BCUT2D eigenvalue weighted by Gasteiger charge is -2.30. The molecule has 1 atom stereocenters. The summed E-state index contributed by atoms with van der Waals surface area (Å²) in [5.74, 6) is -1.69. The SMILES string of the molecule is CCCCC1C(=O)NC(=O)N(c2ccccc2)C1=O. The highest BCUT2D eigenvalue weighted by molar-refractivity contribution is 6.27. The summed E-state index contributed by atoms with van der Waals surface area (Å²) < 4.78 is 0. The van der Waals surface area contributed by atoms with Gasteiger partial charge in [0.25, 0.3) is 0 Å². The maximum atomic E-state index is 12.3. The van der Waals surface area contributed by atoms with Crippen molar-refractivity contribution < 1.29 is 14.4 Å². The predicted octanol–water partition coefficient (Wildman–Crippen LogP) is 2.08. The number of nitrogens with zero attached hydrogens (tertiary/aromatic N) is 1. The first-order chi connectivity index (χ1) is 9.15. The van der Waals surface area contributed by atoms with Crippen molar-refractivity contribution in [3.63, 3.8) is 0 Å². The minimum absolute atomic E-state index is 0.437. The maximum Gasteiger partial charge on any atom is 0.335 e. The molecule has 0 aliphatic carbocycles. The Morgan fingerprint density at radius 3 is 2.47 bits per heavy atom. The van der Waals surface area contributed by atoms with Crippen molar-refractivity contribution in [1.82, 2.24) is 5.32 Å². The van der Waals surface area contributed by atoms with Gasteiger partial charge in [0.2, 0.25) is 11.8 Å². The number of para-hydroxylation sites is 1. The van der Waals surface area contributed by atoms with E-state index in [1.54, 1.807) is 30.3 Å². The highest BCUT2D eigenvalue weighted by Crippen LogP contribution is 2.22. The zero-order valence-corrected chi connectivity index (χ0v) is 10.8. The third-order valence-electron chi connectivity index (χ3n) is 3.13. The molecule has 1 N–H and O–H groups in total. The molecule has 0 saturated carbocycles. The Morgan fingerprint density at radius 1 is 1.16 bits per heavy atom. The molecule has 1 saturated heterocycles. The van der Waals surface area contributed by atoms with Crippen molar-refractivity contribution in [2.75, 3.05) is 4.90 Å². The molecule has 100 valence electrons. The van der Waals surface area contributed by atoms with Crippen LogP contribution in [0.1, 0.15) is 26.2 Å². The van der Waals surface area contributed by atoms with Gasteiger partial charge < -0.3 is 0 Å². The fraction of sp³-hybridized carbons (Fsp3) is 0.357. The predicted molar refractivity (Wildman–Crippen MR) is 70.5 cm³/mol. The molecular formula is C14H16N2O3. The van der Waals surface area contributed by atoms with Crippen molar-refractivity contribution in [3.05, 3.63) is 30.3 Å². The number of carbonyl (C=O) groups excluding carboxylic acids is 3. The molecule has 1 heterocycles. The van der Waals surface area contributed by atoms with Crippen molar-refractivity contribution in [2.24, 2.45) is 5.92 Å². The fourth-order valence-corrected chi connectivity index (χ4v) is 2.10. The van der Waals surface area contributed by atoms with Crippen LogP contribution in [0.25, 0.3) is 0 Å². The van der Waals surface area contributed by atoms with Gasteiger partial charge in [-0.15, -0.1) is 0 Å². The number of hydrogen-bond donors (Lipinski definition) is 1. The molecule has 1 aliphatic heterocycles. The average Bonchev–Trinajstić information content (AvgIpc) is 2.39. The van der Waals surface area contributed by atoms with E-state index in [0.717, 1.165) is 17.7 Å². The summed E-state index contributed by atoms with van der Waals surface area (Å²) in [6.07, 6.45) is 2.15. The van der Waals surface area contributed by atoms with Crippen LogP contribution in [0.3, 0.4) is 0 Å². The summed E-state index contributed by atoms with van der Waals surface area (Å²) in [7, 11) is 0. The normalized spacial score (nSPS) is 19.5. The van der Waals surface area contributed by atoms with Crippen LogP contribution in [0.5, 0.6) is 0 Å². The standard InChI is InChI=1S/C14H16N2O3/c1-2-3-9-11-12(17)15-14(19)16(13(11)18)10-7-5-4-6-8-10/h4-8,11H,2-3,9H2,1H3,(H,15,17,19). The van der Waals surface area contributed by atoms with Crippen LogP contribution in [0.2, 0.25) is 0 Å². The summed E-state index contributed by atoms with van der Waals surface area (Å²) in [6, 6.07) is 7.96. The first-order valence-corrected chi connectivity index (χ1v) is 6.39. The minimum atomic E-state index is -0.766. The molecule has 0 aromatic heterocycles. The second-order valence-corrected chi connectivity index (χ2v) is 4.50. The lowest BCUT2D eigenvalue weighted by molar-refractivity contribution is -0.134. The molecule has 1 aromatic carbocycles. The van der Waals surface area contributed by atoms with E-state index in [-0.39, 0.29) is 0 Å². The van der Waals surface area contributed by atoms with E-state index in [0.29, 0.717) is 12.1 Å². The van der Waals surface area contributed by atoms with Crippen LogP contribution >= 0.6 is 0 Å². The first kappa shape index (κ1) is 13.3. The highest BCUT2D eigenvalue weighted by Gasteiger charge is 2.40. The van der Waals surface area contributed by atoms with E-state index in [1.165, 1.54) is 0 Å². The number of amides is 4. The monoisotopic (exact) mass is 260 g/mol. The minimum Gasteiger partial charge on any atom is -0.277 e. The van der Waals surface area contributed by atoms with E-state index < -0.39 is 23.8 Å². The molecule has 1 aromatic rings. The smallest absolute Gasteiger partial charge is 0.277 e. The Labute approximate surface area is 111 Å². The molecule has 5 nitrogen and oxygen atoms in total. The van der Waals surface area contributed by atoms with Crippen molar-refractivity contribution >= 4 is 23.5 Å². The molecule has 0 radical (unpaired) electrons. The third-order valence-corrected chi connectivity index (χ3v) is 3.13.